The maximum Gasteiger partial charge on any atom is 0.177 e. The Balaban J connectivity index is 1.73. The molecule has 0 bridgehead atoms. The van der Waals surface area contributed by atoms with Gasteiger partial charge in [-0.3, -0.25) is 0 Å². The summed E-state index contributed by atoms with van der Waals surface area (Å²) in [6, 6.07) is 5.79. The van der Waals surface area contributed by atoms with Crippen LogP contribution in [-0.2, 0) is 11.3 Å². The summed E-state index contributed by atoms with van der Waals surface area (Å²) in [5.41, 5.74) is 8.26. The molecule has 126 valence electrons. The molecular formula is C16H15BrClN3O2S. The van der Waals surface area contributed by atoms with Crippen molar-refractivity contribution >= 4 is 55.7 Å². The molecule has 0 aliphatic carbocycles. The van der Waals surface area contributed by atoms with Gasteiger partial charge in [-0.2, -0.15) is 0 Å². The van der Waals surface area contributed by atoms with E-state index in [1.54, 1.807) is 17.4 Å². The molecule has 24 heavy (non-hydrogen) atoms. The van der Waals surface area contributed by atoms with Crippen LogP contribution in [0.3, 0.4) is 0 Å². The number of thiophene rings is 1. The minimum absolute atomic E-state index is 0.0835. The predicted octanol–water partition coefficient (Wildman–Crippen LogP) is 4.71. The van der Waals surface area contributed by atoms with E-state index in [1.165, 1.54) is 4.88 Å². The molecule has 0 spiro atoms. The van der Waals surface area contributed by atoms with Crippen molar-refractivity contribution < 1.29 is 9.15 Å². The molecule has 8 heteroatoms. The lowest BCUT2D eigenvalue weighted by Crippen LogP contribution is -2.23. The van der Waals surface area contributed by atoms with E-state index < -0.39 is 0 Å². The van der Waals surface area contributed by atoms with Gasteiger partial charge in [-0.1, -0.05) is 17.7 Å². The van der Waals surface area contributed by atoms with Gasteiger partial charge in [0.2, 0.25) is 0 Å². The van der Waals surface area contributed by atoms with Gasteiger partial charge in [-0.05, 0) is 33.8 Å². The van der Waals surface area contributed by atoms with Crippen molar-refractivity contribution in [1.29, 1.82) is 0 Å². The largest absolute Gasteiger partial charge is 0.453 e. The van der Waals surface area contributed by atoms with Gasteiger partial charge in [0.15, 0.2) is 11.3 Å². The molecule has 3 aromatic rings. The number of nitrogens with two attached hydrogens (primary N) is 1. The number of rotatable bonds is 4. The molecule has 2 atom stereocenters. The molecule has 5 nitrogen and oxygen atoms in total. The summed E-state index contributed by atoms with van der Waals surface area (Å²) < 4.78 is 12.6. The van der Waals surface area contributed by atoms with Gasteiger partial charge in [0.1, 0.15) is 16.8 Å². The molecule has 1 saturated heterocycles. The van der Waals surface area contributed by atoms with Gasteiger partial charge in [0.05, 0.1) is 10.2 Å². The van der Waals surface area contributed by atoms with Gasteiger partial charge in [0.25, 0.3) is 0 Å². The summed E-state index contributed by atoms with van der Waals surface area (Å²) in [5.74, 6) is 0.670. The number of hydrogen-bond acceptors (Lipinski definition) is 6. The molecule has 1 aliphatic rings. The summed E-state index contributed by atoms with van der Waals surface area (Å²) >= 11 is 11.5. The van der Waals surface area contributed by atoms with E-state index in [2.05, 4.69) is 32.3 Å². The molecule has 3 N–H and O–H groups in total. The fourth-order valence-electron chi connectivity index (χ4n) is 2.81. The second-order valence-electron chi connectivity index (χ2n) is 5.63. The number of hydrogen-bond donors (Lipinski definition) is 2. The molecule has 1 aliphatic heterocycles. The van der Waals surface area contributed by atoms with Crippen LogP contribution in [-0.4, -0.2) is 17.6 Å². The third-order valence-electron chi connectivity index (χ3n) is 4.01. The van der Waals surface area contributed by atoms with Crippen molar-refractivity contribution in [3.63, 3.8) is 0 Å². The summed E-state index contributed by atoms with van der Waals surface area (Å²) in [6.45, 7) is 1.33. The highest BCUT2D eigenvalue weighted by Crippen LogP contribution is 2.41. The van der Waals surface area contributed by atoms with Crippen LogP contribution >= 0.6 is 38.9 Å². The molecule has 4 rings (SSSR count). The van der Waals surface area contributed by atoms with E-state index in [-0.39, 0.29) is 12.1 Å². The number of fused-ring (bicyclic) bond motifs is 1. The zero-order chi connectivity index (χ0) is 16.7. The molecule has 0 radical (unpaired) electrons. The van der Waals surface area contributed by atoms with E-state index in [9.17, 15) is 0 Å². The Bertz CT molecular complexity index is 868. The lowest BCUT2D eigenvalue weighted by atomic mass is 10.1. The van der Waals surface area contributed by atoms with E-state index in [0.29, 0.717) is 35.2 Å². The summed E-state index contributed by atoms with van der Waals surface area (Å²) in [6.07, 6.45) is 0.545. The van der Waals surface area contributed by atoms with Crippen LogP contribution in [0.4, 0.5) is 5.69 Å². The van der Waals surface area contributed by atoms with E-state index in [0.717, 1.165) is 16.6 Å². The number of nitrogens with one attached hydrogen (secondary N) is 1. The topological polar surface area (TPSA) is 73.3 Å². The van der Waals surface area contributed by atoms with Crippen molar-refractivity contribution in [3.05, 3.63) is 43.8 Å². The second-order valence-corrected chi connectivity index (χ2v) is 7.84. The first-order chi connectivity index (χ1) is 11.6. The van der Waals surface area contributed by atoms with E-state index in [4.69, 9.17) is 26.5 Å². The van der Waals surface area contributed by atoms with Crippen LogP contribution < -0.4 is 11.1 Å². The highest BCUT2D eigenvalue weighted by molar-refractivity contribution is 9.10. The van der Waals surface area contributed by atoms with Crippen molar-refractivity contribution in [2.24, 2.45) is 5.73 Å². The van der Waals surface area contributed by atoms with Gasteiger partial charge >= 0.3 is 0 Å². The zero-order valence-corrected chi connectivity index (χ0v) is 15.7. The normalized spacial score (nSPS) is 20.8. The second kappa shape index (κ2) is 6.65. The number of ether oxygens (including phenoxy) is 1. The summed E-state index contributed by atoms with van der Waals surface area (Å²) in [4.78, 5) is 5.61. The molecular weight excluding hydrogens is 414 g/mol. The Morgan fingerprint density at radius 3 is 3.08 bits per heavy atom. The number of furan rings is 1. The van der Waals surface area contributed by atoms with Crippen LogP contribution in [0.25, 0.3) is 11.1 Å². The molecule has 4 heterocycles. The monoisotopic (exact) mass is 427 g/mol. The van der Waals surface area contributed by atoms with Crippen LogP contribution in [0, 0.1) is 0 Å². The maximum atomic E-state index is 6.19. The first-order valence-electron chi connectivity index (χ1n) is 7.55. The lowest BCUT2D eigenvalue weighted by Gasteiger charge is -2.11. The quantitative estimate of drug-likeness (QED) is 0.589. The number of pyridine rings is 1. The molecule has 0 saturated carbocycles. The molecule has 1 fully saturated rings. The van der Waals surface area contributed by atoms with Crippen LogP contribution in [0.2, 0.25) is 5.15 Å². The van der Waals surface area contributed by atoms with Crippen molar-refractivity contribution in [2.45, 2.75) is 25.1 Å². The maximum absolute atomic E-state index is 6.19. The van der Waals surface area contributed by atoms with Gasteiger partial charge < -0.3 is 20.2 Å². The van der Waals surface area contributed by atoms with Crippen molar-refractivity contribution in [1.82, 2.24) is 4.98 Å². The Labute approximate surface area is 156 Å². The fourth-order valence-corrected chi connectivity index (χ4v) is 4.23. The SMILES string of the molecule is N[C@H]1CCO[C@H]1c1oc2c(NCc3cccs3)cc(Cl)nc2c1Br. The zero-order valence-electron chi connectivity index (χ0n) is 12.6. The third kappa shape index (κ3) is 2.95. The molecule has 0 amide bonds. The van der Waals surface area contributed by atoms with E-state index in [1.807, 2.05) is 11.4 Å². The molecule has 3 aromatic heterocycles. The highest BCUT2D eigenvalue weighted by atomic mass is 79.9. The smallest absolute Gasteiger partial charge is 0.177 e. The average molecular weight is 429 g/mol. The minimum Gasteiger partial charge on any atom is -0.453 e. The lowest BCUT2D eigenvalue weighted by molar-refractivity contribution is 0.0874. The number of halogens is 2. The fraction of sp³-hybridized carbons (Fsp3) is 0.312. The van der Waals surface area contributed by atoms with Gasteiger partial charge in [0, 0.05) is 30.1 Å². The Hall–Kier alpha value is -1.12. The molecule has 0 aromatic carbocycles. The van der Waals surface area contributed by atoms with Crippen molar-refractivity contribution in [3.8, 4) is 0 Å². The average Bonchev–Trinajstić information content (AvgIpc) is 3.27. The third-order valence-corrected chi connectivity index (χ3v) is 5.84. The first-order valence-corrected chi connectivity index (χ1v) is 9.60. The van der Waals surface area contributed by atoms with Gasteiger partial charge in [-0.15, -0.1) is 11.3 Å². The Morgan fingerprint density at radius 1 is 1.50 bits per heavy atom. The standard InChI is InChI=1S/C16H15BrClN3O2S/c17-12-13-15(23-16(12)14-9(19)3-4-22-14)10(6-11(18)21-13)20-7-8-2-1-5-24-8/h1-2,5-6,9,14H,3-4,7,19H2,(H,20,21)/t9-,14+/m0/s1. The molecule has 0 unspecified atom stereocenters. The summed E-state index contributed by atoms with van der Waals surface area (Å²) in [5, 5.41) is 5.82. The predicted molar refractivity (Wildman–Crippen MR) is 99.7 cm³/mol. The highest BCUT2D eigenvalue weighted by Gasteiger charge is 2.33. The first kappa shape index (κ1) is 16.4. The van der Waals surface area contributed by atoms with Crippen LogP contribution in [0.15, 0.2) is 32.5 Å². The number of nitrogens with zero attached hydrogens (tertiary/aromatic N) is 1. The Kier molecular flexibility index (Phi) is 4.53. The minimum atomic E-state index is -0.266. The Morgan fingerprint density at radius 2 is 2.38 bits per heavy atom. The van der Waals surface area contributed by atoms with Crippen LogP contribution in [0.5, 0.6) is 0 Å². The number of aromatic nitrogens is 1. The van der Waals surface area contributed by atoms with Crippen LogP contribution in [0.1, 0.15) is 23.2 Å². The van der Waals surface area contributed by atoms with Crippen molar-refractivity contribution in [2.75, 3.05) is 11.9 Å². The number of anilines is 1. The van der Waals surface area contributed by atoms with Gasteiger partial charge in [-0.25, -0.2) is 4.98 Å². The summed E-state index contributed by atoms with van der Waals surface area (Å²) in [7, 11) is 0. The van der Waals surface area contributed by atoms with E-state index >= 15 is 0 Å².